The number of hydrogen-bond donors (Lipinski definition) is 1. The number of hydrogen-bond acceptors (Lipinski definition) is 5. The number of amides is 1. The zero-order chi connectivity index (χ0) is 23.2. The summed E-state index contributed by atoms with van der Waals surface area (Å²) in [5.41, 5.74) is 7.11. The van der Waals surface area contributed by atoms with E-state index >= 15 is 0 Å². The van der Waals surface area contributed by atoms with E-state index < -0.39 is 0 Å². The summed E-state index contributed by atoms with van der Waals surface area (Å²) in [5.74, 6) is 1.14. The molecule has 0 aliphatic rings. The van der Waals surface area contributed by atoms with Crippen LogP contribution in [0.2, 0.25) is 0 Å². The van der Waals surface area contributed by atoms with E-state index in [1.54, 1.807) is 31.2 Å². The van der Waals surface area contributed by atoms with Gasteiger partial charge in [-0.2, -0.15) is 10.2 Å². The zero-order valence-corrected chi connectivity index (χ0v) is 18.6. The lowest BCUT2D eigenvalue weighted by Crippen LogP contribution is -2.21. The quantitative estimate of drug-likeness (QED) is 0.336. The van der Waals surface area contributed by atoms with Crippen LogP contribution in [0.1, 0.15) is 21.6 Å². The second-order valence-corrected chi connectivity index (χ2v) is 7.32. The lowest BCUT2D eigenvalue weighted by atomic mass is 10.1. The highest BCUT2D eigenvalue weighted by Crippen LogP contribution is 2.24. The summed E-state index contributed by atoms with van der Waals surface area (Å²) in [5, 5.41) is 8.80. The predicted octanol–water partition coefficient (Wildman–Crippen LogP) is 4.63. The first kappa shape index (κ1) is 21.8. The van der Waals surface area contributed by atoms with Crippen LogP contribution in [0.25, 0.3) is 16.9 Å². The molecule has 3 aromatic carbocycles. The maximum Gasteiger partial charge on any atom is 0.290 e. The third-order valence-corrected chi connectivity index (χ3v) is 5.14. The first-order chi connectivity index (χ1) is 16.1. The molecule has 0 bridgehead atoms. The van der Waals surface area contributed by atoms with Crippen molar-refractivity contribution in [1.82, 2.24) is 15.2 Å². The number of carbonyl (C=O) groups is 1. The fourth-order valence-corrected chi connectivity index (χ4v) is 3.35. The average Bonchev–Trinajstić information content (AvgIpc) is 3.31. The van der Waals surface area contributed by atoms with Crippen molar-refractivity contribution in [2.75, 3.05) is 14.2 Å². The molecule has 0 saturated heterocycles. The molecule has 7 heteroatoms. The second-order valence-electron chi connectivity index (χ2n) is 7.32. The highest BCUT2D eigenvalue weighted by molar-refractivity contribution is 5.95. The van der Waals surface area contributed by atoms with E-state index in [1.807, 2.05) is 79.7 Å². The molecule has 1 N–H and O–H groups in total. The topological polar surface area (TPSA) is 77.7 Å². The van der Waals surface area contributed by atoms with E-state index in [9.17, 15) is 4.79 Å². The Bertz CT molecular complexity index is 1280. The van der Waals surface area contributed by atoms with Crippen LogP contribution in [0.15, 0.2) is 84.0 Å². The Hall–Kier alpha value is -4.39. The van der Waals surface area contributed by atoms with Gasteiger partial charge in [0.05, 0.1) is 31.8 Å². The molecular formula is C26H24N4O3. The van der Waals surface area contributed by atoms with Crippen molar-refractivity contribution in [2.45, 2.75) is 6.92 Å². The molecule has 1 aromatic heterocycles. The van der Waals surface area contributed by atoms with Crippen molar-refractivity contribution in [3.63, 3.8) is 0 Å². The van der Waals surface area contributed by atoms with E-state index in [0.29, 0.717) is 11.4 Å². The van der Waals surface area contributed by atoms with Gasteiger partial charge in [-0.25, -0.2) is 10.1 Å². The lowest BCUT2D eigenvalue weighted by molar-refractivity contribution is 0.0947. The zero-order valence-electron chi connectivity index (χ0n) is 18.6. The van der Waals surface area contributed by atoms with Crippen LogP contribution in [0.5, 0.6) is 11.5 Å². The van der Waals surface area contributed by atoms with Crippen molar-refractivity contribution in [3.05, 3.63) is 95.7 Å². The molecule has 1 amide bonds. The normalized spacial score (nSPS) is 10.9. The van der Waals surface area contributed by atoms with Gasteiger partial charge in [-0.3, -0.25) is 4.79 Å². The van der Waals surface area contributed by atoms with Crippen molar-refractivity contribution < 1.29 is 14.3 Å². The number of para-hydroxylation sites is 1. The van der Waals surface area contributed by atoms with Crippen LogP contribution >= 0.6 is 0 Å². The van der Waals surface area contributed by atoms with Crippen molar-refractivity contribution >= 4 is 12.1 Å². The maximum atomic E-state index is 13.0. The second kappa shape index (κ2) is 9.82. The van der Waals surface area contributed by atoms with Crippen LogP contribution in [0, 0.1) is 6.92 Å². The largest absolute Gasteiger partial charge is 0.497 e. The molecule has 0 unspecified atom stereocenters. The first-order valence-electron chi connectivity index (χ1n) is 10.4. The molecule has 7 nitrogen and oxygen atoms in total. The SMILES string of the molecule is COc1ccc(-c2cc(C(=O)N/N=C\c3ccc(C)c(OC)c3)n(-c3ccccc3)n2)cc1. The molecule has 1 heterocycles. The molecular weight excluding hydrogens is 416 g/mol. The summed E-state index contributed by atoms with van der Waals surface area (Å²) < 4.78 is 12.2. The lowest BCUT2D eigenvalue weighted by Gasteiger charge is -2.06. The minimum absolute atomic E-state index is 0.366. The number of aromatic nitrogens is 2. The van der Waals surface area contributed by atoms with E-state index in [0.717, 1.165) is 33.9 Å². The Morgan fingerprint density at radius 1 is 0.970 bits per heavy atom. The summed E-state index contributed by atoms with van der Waals surface area (Å²) in [7, 11) is 3.24. The number of aryl methyl sites for hydroxylation is 1. The molecule has 0 spiro atoms. The molecule has 166 valence electrons. The Labute approximate surface area is 192 Å². The van der Waals surface area contributed by atoms with Gasteiger partial charge in [-0.15, -0.1) is 0 Å². The third-order valence-electron chi connectivity index (χ3n) is 5.14. The number of benzene rings is 3. The molecule has 4 rings (SSSR count). The van der Waals surface area contributed by atoms with Gasteiger partial charge in [-0.1, -0.05) is 30.3 Å². The van der Waals surface area contributed by atoms with Crippen LogP contribution in [-0.2, 0) is 0 Å². The smallest absolute Gasteiger partial charge is 0.290 e. The van der Waals surface area contributed by atoms with Crippen molar-refractivity contribution in [1.29, 1.82) is 0 Å². The summed E-state index contributed by atoms with van der Waals surface area (Å²) in [6.07, 6.45) is 1.58. The average molecular weight is 441 g/mol. The van der Waals surface area contributed by atoms with Gasteiger partial charge in [0.15, 0.2) is 0 Å². The standard InChI is InChI=1S/C26H24N4O3/c1-18-9-10-19(15-25(18)33-3)17-27-28-26(31)24-16-23(20-11-13-22(32-2)14-12-20)29-30(24)21-7-5-4-6-8-21/h4-17H,1-3H3,(H,28,31)/b27-17-. The van der Waals surface area contributed by atoms with Gasteiger partial charge >= 0.3 is 0 Å². The van der Waals surface area contributed by atoms with E-state index in [-0.39, 0.29) is 5.91 Å². The fourth-order valence-electron chi connectivity index (χ4n) is 3.35. The van der Waals surface area contributed by atoms with Gasteiger partial charge in [0.25, 0.3) is 5.91 Å². The van der Waals surface area contributed by atoms with Crippen LogP contribution in [0.4, 0.5) is 0 Å². The highest BCUT2D eigenvalue weighted by atomic mass is 16.5. The monoisotopic (exact) mass is 440 g/mol. The summed E-state index contributed by atoms with van der Waals surface area (Å²) in [6.45, 7) is 1.96. The number of hydrazone groups is 1. The van der Waals surface area contributed by atoms with E-state index in [1.165, 1.54) is 0 Å². The summed E-state index contributed by atoms with van der Waals surface area (Å²) >= 11 is 0. The number of nitrogens with one attached hydrogen (secondary N) is 1. The highest BCUT2D eigenvalue weighted by Gasteiger charge is 2.17. The maximum absolute atomic E-state index is 13.0. The molecule has 0 saturated carbocycles. The Morgan fingerprint density at radius 3 is 2.42 bits per heavy atom. The molecule has 0 aliphatic carbocycles. The molecule has 0 fully saturated rings. The molecule has 0 aliphatic heterocycles. The summed E-state index contributed by atoms with van der Waals surface area (Å²) in [6, 6.07) is 24.5. The van der Waals surface area contributed by atoms with Gasteiger partial charge in [0.2, 0.25) is 0 Å². The van der Waals surface area contributed by atoms with Gasteiger partial charge < -0.3 is 9.47 Å². The number of methoxy groups -OCH3 is 2. The molecule has 0 atom stereocenters. The fraction of sp³-hybridized carbons (Fsp3) is 0.115. The minimum atomic E-state index is -0.374. The minimum Gasteiger partial charge on any atom is -0.497 e. The Morgan fingerprint density at radius 2 is 1.73 bits per heavy atom. The Balaban J connectivity index is 1.62. The molecule has 33 heavy (non-hydrogen) atoms. The number of ether oxygens (including phenoxy) is 2. The van der Waals surface area contributed by atoms with Gasteiger partial charge in [0.1, 0.15) is 17.2 Å². The van der Waals surface area contributed by atoms with Gasteiger partial charge in [0, 0.05) is 5.56 Å². The van der Waals surface area contributed by atoms with Gasteiger partial charge in [-0.05, 0) is 66.6 Å². The number of rotatable bonds is 7. The number of nitrogens with zero attached hydrogens (tertiary/aromatic N) is 3. The van der Waals surface area contributed by atoms with E-state index in [2.05, 4.69) is 15.6 Å². The molecule has 4 aromatic rings. The molecule has 0 radical (unpaired) electrons. The van der Waals surface area contributed by atoms with Crippen molar-refractivity contribution in [3.8, 4) is 28.4 Å². The summed E-state index contributed by atoms with van der Waals surface area (Å²) in [4.78, 5) is 13.0. The van der Waals surface area contributed by atoms with E-state index in [4.69, 9.17) is 9.47 Å². The first-order valence-corrected chi connectivity index (χ1v) is 10.4. The number of carbonyl (C=O) groups excluding carboxylic acids is 1. The van der Waals surface area contributed by atoms with Crippen LogP contribution in [-0.4, -0.2) is 36.1 Å². The Kier molecular flexibility index (Phi) is 6.50. The van der Waals surface area contributed by atoms with Crippen LogP contribution in [0.3, 0.4) is 0 Å². The third kappa shape index (κ3) is 4.93. The van der Waals surface area contributed by atoms with Crippen molar-refractivity contribution in [2.24, 2.45) is 5.10 Å². The van der Waals surface area contributed by atoms with Crippen LogP contribution < -0.4 is 14.9 Å². The predicted molar refractivity (Wildman–Crippen MR) is 128 cm³/mol.